The van der Waals surface area contributed by atoms with Crippen LogP contribution >= 0.6 is 11.3 Å². The molecular weight excluding hydrogens is 414 g/mol. The molecule has 2 aromatic heterocycles. The van der Waals surface area contributed by atoms with Gasteiger partial charge in [0.05, 0.1) is 18.8 Å². The van der Waals surface area contributed by atoms with Gasteiger partial charge in [-0.3, -0.25) is 14.8 Å². The molecule has 12 heteroatoms. The fourth-order valence-corrected chi connectivity index (χ4v) is 3.86. The van der Waals surface area contributed by atoms with Crippen LogP contribution in [0.5, 0.6) is 0 Å². The van der Waals surface area contributed by atoms with Crippen LogP contribution in [-0.4, -0.2) is 78.0 Å². The van der Waals surface area contributed by atoms with Gasteiger partial charge in [-0.25, -0.2) is 13.8 Å². The number of halogens is 2. The monoisotopic (exact) mass is 436 g/mol. The molecule has 1 amide bonds. The zero-order valence-electron chi connectivity index (χ0n) is 16.2. The summed E-state index contributed by atoms with van der Waals surface area (Å²) in [5.41, 5.74) is 6.53. The van der Waals surface area contributed by atoms with Crippen molar-refractivity contribution < 1.29 is 13.6 Å². The van der Waals surface area contributed by atoms with Gasteiger partial charge in [0.1, 0.15) is 21.9 Å². The molecule has 0 spiro atoms. The third-order valence-corrected chi connectivity index (χ3v) is 5.31. The molecule has 5 N–H and O–H groups in total. The molecule has 1 unspecified atom stereocenters. The number of hydrogen-bond acceptors (Lipinski definition) is 8. The van der Waals surface area contributed by atoms with Crippen molar-refractivity contribution in [3.05, 3.63) is 30.1 Å². The van der Waals surface area contributed by atoms with E-state index in [1.165, 1.54) is 11.9 Å². The summed E-state index contributed by atoms with van der Waals surface area (Å²) in [6.45, 7) is -0.395. The number of pyridine rings is 1. The van der Waals surface area contributed by atoms with Crippen LogP contribution in [0.15, 0.2) is 29.4 Å². The Bertz CT molecular complexity index is 934. The Kier molecular flexibility index (Phi) is 6.67. The number of amides is 1. The number of nitrogens with one attached hydrogen (secondary N) is 3. The first-order valence-corrected chi connectivity index (χ1v) is 9.95. The summed E-state index contributed by atoms with van der Waals surface area (Å²) in [5.74, 6) is -3.42. The second kappa shape index (κ2) is 9.22. The highest BCUT2D eigenvalue weighted by atomic mass is 32.1. The van der Waals surface area contributed by atoms with E-state index in [0.717, 1.165) is 17.6 Å². The minimum Gasteiger partial charge on any atom is -0.389 e. The van der Waals surface area contributed by atoms with Crippen LogP contribution < -0.4 is 16.4 Å². The minimum absolute atomic E-state index is 0.00850. The van der Waals surface area contributed by atoms with Crippen molar-refractivity contribution in [1.82, 2.24) is 25.5 Å². The van der Waals surface area contributed by atoms with Gasteiger partial charge >= 0.3 is 0 Å². The van der Waals surface area contributed by atoms with Gasteiger partial charge in [0.15, 0.2) is 5.69 Å². The molecule has 1 atom stereocenters. The maximum absolute atomic E-state index is 14.0. The number of alkyl halides is 2. The van der Waals surface area contributed by atoms with Gasteiger partial charge in [-0.2, -0.15) is 0 Å². The Morgan fingerprint density at radius 1 is 1.53 bits per heavy atom. The highest BCUT2D eigenvalue weighted by Crippen LogP contribution is 2.28. The van der Waals surface area contributed by atoms with E-state index >= 15 is 0 Å². The predicted octanol–water partition coefficient (Wildman–Crippen LogP) is 1.10. The average molecular weight is 436 g/mol. The molecule has 1 fully saturated rings. The summed E-state index contributed by atoms with van der Waals surface area (Å²) in [7, 11) is 1.44. The lowest BCUT2D eigenvalue weighted by atomic mass is 10.2. The molecule has 1 aliphatic heterocycles. The van der Waals surface area contributed by atoms with Crippen LogP contribution in [-0.2, 0) is 0 Å². The Labute approximate surface area is 175 Å². The number of amidine groups is 1. The number of nitrogens with two attached hydrogens (primary N) is 1. The number of nitrogen functional groups attached to an aromatic ring is 1. The van der Waals surface area contributed by atoms with Crippen molar-refractivity contribution in [3.63, 3.8) is 0 Å². The largest absolute Gasteiger partial charge is 0.389 e. The summed E-state index contributed by atoms with van der Waals surface area (Å²) in [5, 5.41) is 13.7. The Hall–Kier alpha value is -2.99. The number of nitrogens with zero attached hydrogens (tertiary/aromatic N) is 4. The molecule has 0 aliphatic carbocycles. The summed E-state index contributed by atoms with van der Waals surface area (Å²) in [6, 6.07) is 4.29. The molecule has 0 aromatic carbocycles. The van der Waals surface area contributed by atoms with Crippen LogP contribution in [0, 0.1) is 5.41 Å². The maximum atomic E-state index is 14.0. The van der Waals surface area contributed by atoms with Crippen LogP contribution in [0.25, 0.3) is 10.7 Å². The molecule has 0 bridgehead atoms. The molecule has 1 aliphatic rings. The summed E-state index contributed by atoms with van der Waals surface area (Å²) >= 11 is 1.11. The van der Waals surface area contributed by atoms with Crippen molar-refractivity contribution >= 4 is 34.3 Å². The van der Waals surface area contributed by atoms with Crippen molar-refractivity contribution in [3.8, 4) is 10.7 Å². The molecule has 30 heavy (non-hydrogen) atoms. The Morgan fingerprint density at radius 2 is 2.33 bits per heavy atom. The van der Waals surface area contributed by atoms with Crippen LogP contribution in [0.3, 0.4) is 0 Å². The molecule has 9 nitrogen and oxygen atoms in total. The molecule has 1 saturated heterocycles. The molecule has 3 heterocycles. The fraction of sp³-hybridized carbons (Fsp3) is 0.389. The third kappa shape index (κ3) is 4.94. The van der Waals surface area contributed by atoms with E-state index in [4.69, 9.17) is 11.1 Å². The van der Waals surface area contributed by atoms with E-state index in [0.29, 0.717) is 17.2 Å². The molecule has 2 aromatic rings. The van der Waals surface area contributed by atoms with Gasteiger partial charge in [0.2, 0.25) is 0 Å². The van der Waals surface area contributed by atoms with E-state index < -0.39 is 31.0 Å². The maximum Gasteiger partial charge on any atom is 0.277 e. The Balaban J connectivity index is 1.79. The van der Waals surface area contributed by atoms with E-state index in [9.17, 15) is 13.6 Å². The predicted molar refractivity (Wildman–Crippen MR) is 113 cm³/mol. The number of anilines is 1. The standard InChI is InChI=1S/C18H22F2N8OS/c1-23-15(28-7-6-24-9-18(19,20)10-28)12(8-21)26-16(29)13-14(22)30-17(27-13)11-4-2-3-5-25-11/h2-5,8,12,21,24H,6-7,9-10,22H2,1H3,(H,26,29). The normalized spacial score (nSPS) is 17.8. The first-order valence-electron chi connectivity index (χ1n) is 9.14. The average Bonchev–Trinajstić information content (AvgIpc) is 3.03. The smallest absolute Gasteiger partial charge is 0.277 e. The van der Waals surface area contributed by atoms with Gasteiger partial charge in [-0.05, 0) is 12.1 Å². The second-order valence-electron chi connectivity index (χ2n) is 6.60. The van der Waals surface area contributed by atoms with Crippen LogP contribution in [0.1, 0.15) is 10.5 Å². The number of rotatable bonds is 5. The topological polar surface area (TPSA) is 132 Å². The van der Waals surface area contributed by atoms with Crippen molar-refractivity contribution in [2.24, 2.45) is 4.99 Å². The van der Waals surface area contributed by atoms with E-state index in [1.54, 1.807) is 24.4 Å². The highest BCUT2D eigenvalue weighted by molar-refractivity contribution is 7.19. The lowest BCUT2D eigenvalue weighted by Gasteiger charge is -2.30. The summed E-state index contributed by atoms with van der Waals surface area (Å²) in [6.07, 6.45) is 2.55. The van der Waals surface area contributed by atoms with Crippen molar-refractivity contribution in [1.29, 1.82) is 5.41 Å². The third-order valence-electron chi connectivity index (χ3n) is 4.40. The SMILES string of the molecule is CN=C(C(C=N)NC(=O)c1nc(-c2ccccn2)sc1N)N1CCNCC(F)(F)C1. The lowest BCUT2D eigenvalue weighted by Crippen LogP contribution is -2.52. The quantitative estimate of drug-likeness (QED) is 0.410. The van der Waals surface area contributed by atoms with Crippen LogP contribution in [0.4, 0.5) is 13.8 Å². The fourth-order valence-electron chi connectivity index (χ4n) is 3.06. The summed E-state index contributed by atoms with van der Waals surface area (Å²) in [4.78, 5) is 26.7. The van der Waals surface area contributed by atoms with Gasteiger partial charge in [0, 0.05) is 32.5 Å². The van der Waals surface area contributed by atoms with E-state index in [1.807, 2.05) is 0 Å². The van der Waals surface area contributed by atoms with Crippen molar-refractivity contribution in [2.75, 3.05) is 39.0 Å². The first-order chi connectivity index (χ1) is 14.3. The van der Waals surface area contributed by atoms with Gasteiger partial charge in [-0.15, -0.1) is 0 Å². The van der Waals surface area contributed by atoms with E-state index in [-0.39, 0.29) is 23.1 Å². The molecular formula is C18H22F2N8OS. The zero-order chi connectivity index (χ0) is 21.7. The number of thiazole rings is 1. The number of carbonyl (C=O) groups excluding carboxylic acids is 1. The zero-order valence-corrected chi connectivity index (χ0v) is 17.0. The van der Waals surface area contributed by atoms with Crippen LogP contribution in [0.2, 0.25) is 0 Å². The highest BCUT2D eigenvalue weighted by Gasteiger charge is 2.36. The molecule has 3 rings (SSSR count). The van der Waals surface area contributed by atoms with E-state index in [2.05, 4.69) is 25.6 Å². The summed E-state index contributed by atoms with van der Waals surface area (Å²) < 4.78 is 28.0. The van der Waals surface area contributed by atoms with Gasteiger partial charge < -0.3 is 26.7 Å². The molecule has 160 valence electrons. The van der Waals surface area contributed by atoms with Crippen molar-refractivity contribution in [2.45, 2.75) is 12.0 Å². The Morgan fingerprint density at radius 3 is 3.00 bits per heavy atom. The number of aromatic nitrogens is 2. The molecule has 0 radical (unpaired) electrons. The number of aliphatic imine (C=N–C) groups is 1. The molecule has 0 saturated carbocycles. The minimum atomic E-state index is -2.96. The van der Waals surface area contributed by atoms with Gasteiger partial charge in [0.25, 0.3) is 11.8 Å². The number of carbonyl (C=O) groups is 1. The number of hydrogen-bond donors (Lipinski definition) is 4. The van der Waals surface area contributed by atoms with Gasteiger partial charge in [-0.1, -0.05) is 17.4 Å². The lowest BCUT2D eigenvalue weighted by molar-refractivity contribution is -0.00619. The first kappa shape index (κ1) is 21.7. The second-order valence-corrected chi connectivity index (χ2v) is 7.63.